The van der Waals surface area contributed by atoms with Gasteiger partial charge in [-0.1, -0.05) is 15.9 Å². The molecule has 0 unspecified atom stereocenters. The van der Waals surface area contributed by atoms with Crippen LogP contribution in [0.25, 0.3) is 0 Å². The molecule has 2 aromatic rings. The van der Waals surface area contributed by atoms with Gasteiger partial charge in [-0.05, 0) is 62.4 Å². The predicted octanol–water partition coefficient (Wildman–Crippen LogP) is 2.33. The van der Waals surface area contributed by atoms with Gasteiger partial charge < -0.3 is 9.64 Å². The van der Waals surface area contributed by atoms with Gasteiger partial charge in [-0.2, -0.15) is 0 Å². The Bertz CT molecular complexity index is 848. The van der Waals surface area contributed by atoms with Gasteiger partial charge in [0.05, 0.1) is 23.5 Å². The summed E-state index contributed by atoms with van der Waals surface area (Å²) in [6.45, 7) is 7.28. The van der Waals surface area contributed by atoms with Gasteiger partial charge in [-0.25, -0.2) is 13.2 Å². The van der Waals surface area contributed by atoms with Gasteiger partial charge in [0, 0.05) is 10.2 Å². The van der Waals surface area contributed by atoms with Gasteiger partial charge in [0.25, 0.3) is 10.0 Å². The topological polar surface area (TPSA) is 76.9 Å². The molecule has 0 spiro atoms. The van der Waals surface area contributed by atoms with E-state index >= 15 is 0 Å². The standard InChI is InChI=1S/C19H23BrN2O4S/c1-3-22(4-2)13-14-26-19(23)15-5-9-17(10-6-15)21-27(24,25)18-11-7-16(20)8-12-18/h5-12,21H,3-4,13-14H2,1-2H3/p+1. The average molecular weight is 456 g/mol. The highest BCUT2D eigenvalue weighted by Gasteiger charge is 2.15. The quantitative estimate of drug-likeness (QED) is 0.568. The number of sulfonamides is 1. The van der Waals surface area contributed by atoms with E-state index in [2.05, 4.69) is 34.5 Å². The second-order valence-corrected chi connectivity index (χ2v) is 8.58. The molecule has 0 radical (unpaired) electrons. The van der Waals surface area contributed by atoms with Crippen LogP contribution in [0.3, 0.4) is 0 Å². The van der Waals surface area contributed by atoms with Crippen molar-refractivity contribution >= 4 is 37.6 Å². The number of halogens is 1. The molecule has 27 heavy (non-hydrogen) atoms. The fraction of sp³-hybridized carbons (Fsp3) is 0.316. The van der Waals surface area contributed by atoms with Crippen LogP contribution in [0.1, 0.15) is 24.2 Å². The lowest BCUT2D eigenvalue weighted by molar-refractivity contribution is -0.896. The zero-order valence-corrected chi connectivity index (χ0v) is 17.8. The zero-order valence-electron chi connectivity index (χ0n) is 15.4. The van der Waals surface area contributed by atoms with Crippen molar-refractivity contribution in [2.75, 3.05) is 31.0 Å². The van der Waals surface area contributed by atoms with Crippen molar-refractivity contribution in [2.24, 2.45) is 0 Å². The third-order valence-electron chi connectivity index (χ3n) is 4.19. The van der Waals surface area contributed by atoms with E-state index in [4.69, 9.17) is 4.74 Å². The van der Waals surface area contributed by atoms with Crippen LogP contribution < -0.4 is 9.62 Å². The van der Waals surface area contributed by atoms with Crippen molar-refractivity contribution in [1.82, 2.24) is 0 Å². The van der Waals surface area contributed by atoms with Crippen LogP contribution in [0, 0.1) is 0 Å². The maximum Gasteiger partial charge on any atom is 0.338 e. The van der Waals surface area contributed by atoms with E-state index in [0.29, 0.717) is 17.9 Å². The van der Waals surface area contributed by atoms with Crippen LogP contribution in [0.2, 0.25) is 0 Å². The molecule has 0 aliphatic heterocycles. The Morgan fingerprint density at radius 1 is 1.04 bits per heavy atom. The van der Waals surface area contributed by atoms with E-state index in [0.717, 1.165) is 24.1 Å². The van der Waals surface area contributed by atoms with E-state index < -0.39 is 16.0 Å². The summed E-state index contributed by atoms with van der Waals surface area (Å²) >= 11 is 3.27. The highest BCUT2D eigenvalue weighted by molar-refractivity contribution is 9.10. The Labute approximate surface area is 168 Å². The lowest BCUT2D eigenvalue weighted by Crippen LogP contribution is -3.11. The van der Waals surface area contributed by atoms with Crippen molar-refractivity contribution in [3.63, 3.8) is 0 Å². The number of hydrogen-bond acceptors (Lipinski definition) is 4. The van der Waals surface area contributed by atoms with Crippen LogP contribution in [0.4, 0.5) is 5.69 Å². The van der Waals surface area contributed by atoms with Crippen LogP contribution in [0.5, 0.6) is 0 Å². The number of nitrogens with one attached hydrogen (secondary N) is 2. The minimum Gasteiger partial charge on any atom is -0.456 e. The first-order valence-electron chi connectivity index (χ1n) is 8.75. The smallest absolute Gasteiger partial charge is 0.338 e. The van der Waals surface area contributed by atoms with Crippen LogP contribution >= 0.6 is 15.9 Å². The van der Waals surface area contributed by atoms with Gasteiger partial charge in [-0.3, -0.25) is 4.72 Å². The normalized spacial score (nSPS) is 11.4. The SMILES string of the molecule is CC[NH+](CC)CCOC(=O)c1ccc(NS(=O)(=O)c2ccc(Br)cc2)cc1. The number of quaternary nitrogens is 1. The average Bonchev–Trinajstić information content (AvgIpc) is 2.66. The van der Waals surface area contributed by atoms with Crippen molar-refractivity contribution in [2.45, 2.75) is 18.7 Å². The Hall–Kier alpha value is -1.90. The van der Waals surface area contributed by atoms with Gasteiger partial charge in [0.15, 0.2) is 0 Å². The van der Waals surface area contributed by atoms with Crippen LogP contribution in [0.15, 0.2) is 57.9 Å². The fourth-order valence-electron chi connectivity index (χ4n) is 2.48. The van der Waals surface area contributed by atoms with Crippen molar-refractivity contribution in [3.05, 3.63) is 58.6 Å². The van der Waals surface area contributed by atoms with E-state index in [9.17, 15) is 13.2 Å². The third kappa shape index (κ3) is 6.34. The largest absolute Gasteiger partial charge is 0.456 e. The van der Waals surface area contributed by atoms with E-state index in [1.165, 1.54) is 17.0 Å². The molecule has 0 aliphatic carbocycles. The first kappa shape index (κ1) is 21.4. The molecular weight excluding hydrogens is 432 g/mol. The Balaban J connectivity index is 1.96. The molecule has 0 fully saturated rings. The molecule has 0 amide bonds. The minimum atomic E-state index is -3.68. The third-order valence-corrected chi connectivity index (χ3v) is 6.11. The maximum absolute atomic E-state index is 12.4. The predicted molar refractivity (Wildman–Crippen MR) is 109 cm³/mol. The molecule has 2 rings (SSSR count). The molecule has 0 aromatic heterocycles. The lowest BCUT2D eigenvalue weighted by Gasteiger charge is -2.15. The molecule has 0 saturated carbocycles. The number of rotatable bonds is 9. The fourth-order valence-corrected chi connectivity index (χ4v) is 3.80. The number of benzene rings is 2. The molecule has 0 heterocycles. The first-order valence-corrected chi connectivity index (χ1v) is 11.0. The highest BCUT2D eigenvalue weighted by atomic mass is 79.9. The molecular formula is C19H24BrN2O4S+. The van der Waals surface area contributed by atoms with E-state index in [1.807, 2.05) is 0 Å². The maximum atomic E-state index is 12.4. The summed E-state index contributed by atoms with van der Waals surface area (Å²) in [6.07, 6.45) is 0. The molecule has 0 atom stereocenters. The number of hydrogen-bond donors (Lipinski definition) is 2. The van der Waals surface area contributed by atoms with Gasteiger partial charge in [0.1, 0.15) is 13.2 Å². The molecule has 2 N–H and O–H groups in total. The minimum absolute atomic E-state index is 0.160. The van der Waals surface area contributed by atoms with Crippen molar-refractivity contribution < 1.29 is 22.8 Å². The monoisotopic (exact) mass is 455 g/mol. The summed E-state index contributed by atoms with van der Waals surface area (Å²) in [6, 6.07) is 12.5. The molecule has 8 heteroatoms. The lowest BCUT2D eigenvalue weighted by atomic mass is 10.2. The number of likely N-dealkylation sites (N-methyl/N-ethyl adjacent to an activating group) is 1. The Kier molecular flexibility index (Phi) is 7.82. The zero-order chi connectivity index (χ0) is 19.9. The van der Waals surface area contributed by atoms with E-state index in [1.54, 1.807) is 36.4 Å². The van der Waals surface area contributed by atoms with Crippen LogP contribution in [-0.4, -0.2) is 40.6 Å². The van der Waals surface area contributed by atoms with Crippen molar-refractivity contribution in [3.8, 4) is 0 Å². The molecule has 6 nitrogen and oxygen atoms in total. The number of ether oxygens (including phenoxy) is 1. The van der Waals surface area contributed by atoms with Gasteiger partial charge in [0.2, 0.25) is 0 Å². The molecule has 146 valence electrons. The van der Waals surface area contributed by atoms with Gasteiger partial charge in [-0.15, -0.1) is 0 Å². The molecule has 0 bridgehead atoms. The summed E-state index contributed by atoms with van der Waals surface area (Å²) < 4.78 is 33.3. The van der Waals surface area contributed by atoms with Crippen molar-refractivity contribution in [1.29, 1.82) is 0 Å². The van der Waals surface area contributed by atoms with Crippen LogP contribution in [-0.2, 0) is 14.8 Å². The Morgan fingerprint density at radius 3 is 2.19 bits per heavy atom. The molecule has 2 aromatic carbocycles. The Morgan fingerprint density at radius 2 is 1.63 bits per heavy atom. The summed E-state index contributed by atoms with van der Waals surface area (Å²) in [5, 5.41) is 0. The van der Waals surface area contributed by atoms with E-state index in [-0.39, 0.29) is 4.90 Å². The first-order chi connectivity index (χ1) is 12.9. The van der Waals surface area contributed by atoms with Gasteiger partial charge >= 0.3 is 5.97 Å². The second kappa shape index (κ2) is 9.87. The number of esters is 1. The number of anilines is 1. The molecule has 0 aliphatic rings. The molecule has 0 saturated heterocycles. The highest BCUT2D eigenvalue weighted by Crippen LogP contribution is 2.19. The summed E-state index contributed by atoms with van der Waals surface area (Å²) in [4.78, 5) is 13.6. The number of carbonyl (C=O) groups is 1. The second-order valence-electron chi connectivity index (χ2n) is 5.98. The summed E-state index contributed by atoms with van der Waals surface area (Å²) in [7, 11) is -3.68. The summed E-state index contributed by atoms with van der Waals surface area (Å²) in [5.74, 6) is -0.413. The summed E-state index contributed by atoms with van der Waals surface area (Å²) in [5.41, 5.74) is 0.762. The number of carbonyl (C=O) groups excluding carboxylic acids is 1.